The number of esters is 1. The van der Waals surface area contributed by atoms with Crippen molar-refractivity contribution in [3.05, 3.63) is 17.4 Å². The van der Waals surface area contributed by atoms with Gasteiger partial charge in [0.1, 0.15) is 0 Å². The van der Waals surface area contributed by atoms with Crippen LogP contribution in [0.1, 0.15) is 19.8 Å². The Labute approximate surface area is 98.3 Å². The first kappa shape index (κ1) is 12.7. The molecule has 0 saturated carbocycles. The van der Waals surface area contributed by atoms with Gasteiger partial charge in [-0.25, -0.2) is 0 Å². The van der Waals surface area contributed by atoms with Crippen LogP contribution in [0.5, 0.6) is 0 Å². The Kier molecular flexibility index (Phi) is 4.98. The van der Waals surface area contributed by atoms with E-state index in [1.807, 2.05) is 0 Å². The summed E-state index contributed by atoms with van der Waals surface area (Å²) in [5.41, 5.74) is 0. The molecule has 6 heteroatoms. The summed E-state index contributed by atoms with van der Waals surface area (Å²) >= 11 is 5.64. The molecule has 1 aromatic heterocycles. The Morgan fingerprint density at radius 1 is 1.50 bits per heavy atom. The van der Waals surface area contributed by atoms with Gasteiger partial charge in [0.05, 0.1) is 30.8 Å². The number of nitrogens with zero attached hydrogens (tertiary/aromatic N) is 2. The minimum Gasteiger partial charge on any atom is -0.466 e. The van der Waals surface area contributed by atoms with Gasteiger partial charge in [0.15, 0.2) is 5.78 Å². The van der Waals surface area contributed by atoms with E-state index in [4.69, 9.17) is 16.3 Å². The Morgan fingerprint density at radius 2 is 2.25 bits per heavy atom. The molecule has 1 heterocycles. The molecule has 1 rings (SSSR count). The summed E-state index contributed by atoms with van der Waals surface area (Å²) in [4.78, 5) is 22.4. The van der Waals surface area contributed by atoms with Gasteiger partial charge in [0.25, 0.3) is 0 Å². The predicted octanol–water partition coefficient (Wildman–Crippen LogP) is 1.45. The van der Waals surface area contributed by atoms with Crippen molar-refractivity contribution in [1.82, 2.24) is 9.78 Å². The number of carbonyl (C=O) groups excluding carboxylic acids is 2. The fraction of sp³-hybridized carbons (Fsp3) is 0.500. The lowest BCUT2D eigenvalue weighted by Crippen LogP contribution is -2.13. The Hall–Kier alpha value is -1.36. The lowest BCUT2D eigenvalue weighted by atomic mass is 10.2. The number of hydrogen-bond acceptors (Lipinski definition) is 4. The van der Waals surface area contributed by atoms with E-state index in [1.54, 1.807) is 13.1 Å². The molecule has 16 heavy (non-hydrogen) atoms. The van der Waals surface area contributed by atoms with Crippen LogP contribution in [0.15, 0.2) is 12.4 Å². The van der Waals surface area contributed by atoms with Crippen molar-refractivity contribution in [2.75, 3.05) is 6.61 Å². The molecule has 5 nitrogen and oxygen atoms in total. The summed E-state index contributed by atoms with van der Waals surface area (Å²) in [6, 6.07) is 0. The second-order valence-corrected chi connectivity index (χ2v) is 3.64. The van der Waals surface area contributed by atoms with Gasteiger partial charge in [0.2, 0.25) is 0 Å². The van der Waals surface area contributed by atoms with Gasteiger partial charge >= 0.3 is 5.97 Å². The normalized spacial score (nSPS) is 10.1. The molecule has 0 amide bonds. The molecule has 0 radical (unpaired) electrons. The highest BCUT2D eigenvalue weighted by Gasteiger charge is 2.08. The number of ketones is 1. The molecular weight excluding hydrogens is 232 g/mol. The van der Waals surface area contributed by atoms with Crippen LogP contribution in [0.25, 0.3) is 0 Å². The van der Waals surface area contributed by atoms with Crippen molar-refractivity contribution in [2.24, 2.45) is 0 Å². The molecule has 0 bridgehead atoms. The quantitative estimate of drug-likeness (QED) is 0.711. The molecule has 0 saturated heterocycles. The van der Waals surface area contributed by atoms with E-state index in [0.29, 0.717) is 11.6 Å². The zero-order chi connectivity index (χ0) is 12.0. The third-order valence-electron chi connectivity index (χ3n) is 1.85. The third-order valence-corrected chi connectivity index (χ3v) is 2.05. The first-order valence-electron chi connectivity index (χ1n) is 4.97. The van der Waals surface area contributed by atoms with Crippen LogP contribution in [-0.2, 0) is 20.9 Å². The number of aromatic nitrogens is 2. The van der Waals surface area contributed by atoms with Crippen LogP contribution in [-0.4, -0.2) is 28.1 Å². The fourth-order valence-electron chi connectivity index (χ4n) is 1.16. The number of hydrogen-bond donors (Lipinski definition) is 0. The Bertz CT molecular complexity index is 376. The standard InChI is InChI=1S/C10H13ClN2O3/c1-2-16-10(15)4-3-9(14)7-13-6-8(11)5-12-13/h5-6H,2-4,7H2,1H3. The molecule has 0 aliphatic heterocycles. The molecule has 0 spiro atoms. The van der Waals surface area contributed by atoms with Crippen molar-refractivity contribution in [2.45, 2.75) is 26.3 Å². The molecule has 0 aliphatic carbocycles. The lowest BCUT2D eigenvalue weighted by Gasteiger charge is -2.01. The number of Topliss-reactive ketones (excluding diaryl/α,β-unsaturated/α-hetero) is 1. The first-order chi connectivity index (χ1) is 7.61. The summed E-state index contributed by atoms with van der Waals surface area (Å²) in [6.45, 7) is 2.19. The van der Waals surface area contributed by atoms with Crippen molar-refractivity contribution < 1.29 is 14.3 Å². The summed E-state index contributed by atoms with van der Waals surface area (Å²) in [7, 11) is 0. The van der Waals surface area contributed by atoms with Crippen molar-refractivity contribution in [1.29, 1.82) is 0 Å². The summed E-state index contributed by atoms with van der Waals surface area (Å²) in [5.74, 6) is -0.429. The molecule has 0 unspecified atom stereocenters. The maximum atomic E-state index is 11.4. The largest absolute Gasteiger partial charge is 0.466 e. The maximum Gasteiger partial charge on any atom is 0.306 e. The number of halogens is 1. The highest BCUT2D eigenvalue weighted by atomic mass is 35.5. The van der Waals surface area contributed by atoms with Crippen LogP contribution in [0, 0.1) is 0 Å². The highest BCUT2D eigenvalue weighted by molar-refractivity contribution is 6.30. The van der Waals surface area contributed by atoms with Crippen LogP contribution >= 0.6 is 11.6 Å². The van der Waals surface area contributed by atoms with Crippen LogP contribution in [0.4, 0.5) is 0 Å². The van der Waals surface area contributed by atoms with E-state index in [2.05, 4.69) is 5.10 Å². The van der Waals surface area contributed by atoms with E-state index in [1.165, 1.54) is 10.9 Å². The number of rotatable bonds is 6. The Balaban J connectivity index is 2.28. The molecule has 88 valence electrons. The molecule has 0 N–H and O–H groups in total. The zero-order valence-corrected chi connectivity index (χ0v) is 9.74. The van der Waals surface area contributed by atoms with Crippen LogP contribution in [0.3, 0.4) is 0 Å². The SMILES string of the molecule is CCOC(=O)CCC(=O)Cn1cc(Cl)cn1. The average molecular weight is 245 g/mol. The van der Waals surface area contributed by atoms with E-state index >= 15 is 0 Å². The zero-order valence-electron chi connectivity index (χ0n) is 8.98. The minimum absolute atomic E-state index is 0.0761. The predicted molar refractivity (Wildman–Crippen MR) is 58.1 cm³/mol. The summed E-state index contributed by atoms with van der Waals surface area (Å²) in [5, 5.41) is 4.35. The van der Waals surface area contributed by atoms with Gasteiger partial charge in [0, 0.05) is 12.6 Å². The van der Waals surface area contributed by atoms with Crippen molar-refractivity contribution in [3.63, 3.8) is 0 Å². The van der Waals surface area contributed by atoms with E-state index < -0.39 is 0 Å². The summed E-state index contributed by atoms with van der Waals surface area (Å²) < 4.78 is 6.15. The summed E-state index contributed by atoms with van der Waals surface area (Å²) in [6.07, 6.45) is 3.29. The molecule has 0 fully saturated rings. The molecular formula is C10H13ClN2O3. The van der Waals surface area contributed by atoms with Gasteiger partial charge in [-0.1, -0.05) is 11.6 Å². The van der Waals surface area contributed by atoms with Gasteiger partial charge in [-0.15, -0.1) is 0 Å². The van der Waals surface area contributed by atoms with E-state index in [-0.39, 0.29) is 31.1 Å². The topological polar surface area (TPSA) is 61.2 Å². The first-order valence-corrected chi connectivity index (χ1v) is 5.35. The Morgan fingerprint density at radius 3 is 2.81 bits per heavy atom. The number of carbonyl (C=O) groups is 2. The van der Waals surface area contributed by atoms with Gasteiger partial charge in [-0.2, -0.15) is 5.10 Å². The monoisotopic (exact) mass is 244 g/mol. The van der Waals surface area contributed by atoms with Gasteiger partial charge in [-0.3, -0.25) is 14.3 Å². The van der Waals surface area contributed by atoms with Gasteiger partial charge in [-0.05, 0) is 6.92 Å². The molecule has 0 aliphatic rings. The van der Waals surface area contributed by atoms with Crippen LogP contribution in [0.2, 0.25) is 5.02 Å². The minimum atomic E-state index is -0.352. The highest BCUT2D eigenvalue weighted by Crippen LogP contribution is 2.05. The van der Waals surface area contributed by atoms with E-state index in [9.17, 15) is 9.59 Å². The molecule has 0 atom stereocenters. The van der Waals surface area contributed by atoms with Gasteiger partial charge < -0.3 is 4.74 Å². The van der Waals surface area contributed by atoms with E-state index in [0.717, 1.165) is 0 Å². The van der Waals surface area contributed by atoms with Crippen molar-refractivity contribution in [3.8, 4) is 0 Å². The maximum absolute atomic E-state index is 11.4. The third kappa shape index (κ3) is 4.44. The van der Waals surface area contributed by atoms with Crippen molar-refractivity contribution >= 4 is 23.4 Å². The lowest BCUT2D eigenvalue weighted by molar-refractivity contribution is -0.144. The smallest absolute Gasteiger partial charge is 0.306 e. The molecule has 1 aromatic rings. The second kappa shape index (κ2) is 6.27. The number of ether oxygens (including phenoxy) is 1. The average Bonchev–Trinajstić information content (AvgIpc) is 2.61. The van der Waals surface area contributed by atoms with Crippen LogP contribution < -0.4 is 0 Å². The molecule has 0 aromatic carbocycles. The second-order valence-electron chi connectivity index (χ2n) is 3.20. The fourth-order valence-corrected chi connectivity index (χ4v) is 1.32.